The summed E-state index contributed by atoms with van der Waals surface area (Å²) in [5.41, 5.74) is 2.81. The zero-order valence-electron chi connectivity index (χ0n) is 9.97. The van der Waals surface area contributed by atoms with Crippen LogP contribution in [0, 0.1) is 6.07 Å². The third kappa shape index (κ3) is 2.53. The van der Waals surface area contributed by atoms with E-state index < -0.39 is 0 Å². The zero-order chi connectivity index (χ0) is 12.3. The van der Waals surface area contributed by atoms with Gasteiger partial charge in [0.2, 0.25) is 0 Å². The predicted octanol–water partition coefficient (Wildman–Crippen LogP) is 2.86. The third-order valence-corrected chi connectivity index (χ3v) is 2.56. The molecule has 0 aliphatic carbocycles. The molecular formula is C15H14NO. The van der Waals surface area contributed by atoms with E-state index in [4.69, 9.17) is 0 Å². The SMILES string of the molecule is CN(C)C(=O)c1ccc(-c2[c]cccc2)cc1. The molecule has 0 aromatic heterocycles. The summed E-state index contributed by atoms with van der Waals surface area (Å²) in [5, 5.41) is 0. The van der Waals surface area contributed by atoms with Gasteiger partial charge in [-0.3, -0.25) is 4.79 Å². The van der Waals surface area contributed by atoms with Crippen LogP contribution in [0.5, 0.6) is 0 Å². The molecule has 0 aliphatic heterocycles. The van der Waals surface area contributed by atoms with Crippen LogP contribution >= 0.6 is 0 Å². The monoisotopic (exact) mass is 224 g/mol. The number of carbonyl (C=O) groups excluding carboxylic acids is 1. The molecule has 2 rings (SSSR count). The van der Waals surface area contributed by atoms with E-state index in [2.05, 4.69) is 6.07 Å². The van der Waals surface area contributed by atoms with Crippen molar-refractivity contribution in [2.75, 3.05) is 14.1 Å². The first-order valence-corrected chi connectivity index (χ1v) is 5.47. The first-order valence-electron chi connectivity index (χ1n) is 5.47. The zero-order valence-corrected chi connectivity index (χ0v) is 9.97. The van der Waals surface area contributed by atoms with Gasteiger partial charge in [0.1, 0.15) is 0 Å². The topological polar surface area (TPSA) is 20.3 Å². The molecule has 0 saturated carbocycles. The van der Waals surface area contributed by atoms with Gasteiger partial charge in [-0.2, -0.15) is 0 Å². The Bertz CT molecular complexity index is 500. The quantitative estimate of drug-likeness (QED) is 0.768. The maximum atomic E-state index is 11.7. The van der Waals surface area contributed by atoms with Crippen LogP contribution in [0.1, 0.15) is 10.4 Å². The minimum atomic E-state index is 0.0218. The van der Waals surface area contributed by atoms with E-state index in [0.717, 1.165) is 11.1 Å². The second-order valence-corrected chi connectivity index (χ2v) is 4.05. The van der Waals surface area contributed by atoms with Crippen LogP contribution in [0.25, 0.3) is 11.1 Å². The summed E-state index contributed by atoms with van der Waals surface area (Å²) in [5.74, 6) is 0.0218. The molecule has 17 heavy (non-hydrogen) atoms. The average Bonchev–Trinajstić information content (AvgIpc) is 2.39. The van der Waals surface area contributed by atoms with Crippen molar-refractivity contribution in [2.24, 2.45) is 0 Å². The lowest BCUT2D eigenvalue weighted by atomic mass is 10.0. The van der Waals surface area contributed by atoms with Crippen LogP contribution in [-0.2, 0) is 0 Å². The number of hydrogen-bond donors (Lipinski definition) is 0. The Morgan fingerprint density at radius 1 is 1.06 bits per heavy atom. The summed E-state index contributed by atoms with van der Waals surface area (Å²) < 4.78 is 0. The highest BCUT2D eigenvalue weighted by molar-refractivity contribution is 5.94. The third-order valence-electron chi connectivity index (χ3n) is 2.56. The van der Waals surface area contributed by atoms with Gasteiger partial charge in [0.15, 0.2) is 0 Å². The van der Waals surface area contributed by atoms with Crippen molar-refractivity contribution in [3.63, 3.8) is 0 Å². The van der Waals surface area contributed by atoms with Crippen LogP contribution in [0.4, 0.5) is 0 Å². The van der Waals surface area contributed by atoms with Gasteiger partial charge in [0, 0.05) is 19.7 Å². The molecule has 0 saturated heterocycles. The van der Waals surface area contributed by atoms with Crippen molar-refractivity contribution in [3.8, 4) is 11.1 Å². The van der Waals surface area contributed by atoms with E-state index in [1.54, 1.807) is 19.0 Å². The molecule has 0 aliphatic rings. The Kier molecular flexibility index (Phi) is 3.24. The standard InChI is InChI=1S/C15H14NO/c1-16(2)15(17)14-10-8-13(9-11-14)12-6-4-3-5-7-12/h3-6,8-11H,1-2H3. The minimum Gasteiger partial charge on any atom is -0.345 e. The van der Waals surface area contributed by atoms with Crippen LogP contribution < -0.4 is 0 Å². The molecule has 0 spiro atoms. The molecule has 1 radical (unpaired) electrons. The summed E-state index contributed by atoms with van der Waals surface area (Å²) in [6.45, 7) is 0. The number of rotatable bonds is 2. The molecule has 2 heteroatoms. The van der Waals surface area contributed by atoms with Crippen molar-refractivity contribution in [1.82, 2.24) is 4.90 Å². The summed E-state index contributed by atoms with van der Waals surface area (Å²) in [4.78, 5) is 13.3. The lowest BCUT2D eigenvalue weighted by Gasteiger charge is -2.10. The van der Waals surface area contributed by atoms with Crippen LogP contribution in [-0.4, -0.2) is 24.9 Å². The van der Waals surface area contributed by atoms with E-state index in [9.17, 15) is 4.79 Å². The number of benzene rings is 2. The molecular weight excluding hydrogens is 210 g/mol. The Morgan fingerprint density at radius 3 is 2.29 bits per heavy atom. The highest BCUT2D eigenvalue weighted by Crippen LogP contribution is 2.18. The number of amides is 1. The summed E-state index contributed by atoms with van der Waals surface area (Å²) in [6, 6.07) is 18.5. The van der Waals surface area contributed by atoms with Crippen LogP contribution in [0.3, 0.4) is 0 Å². The van der Waals surface area contributed by atoms with Gasteiger partial charge in [-0.25, -0.2) is 0 Å². The molecule has 0 N–H and O–H groups in total. The fourth-order valence-corrected chi connectivity index (χ4v) is 1.62. The van der Waals surface area contributed by atoms with Gasteiger partial charge < -0.3 is 4.90 Å². The van der Waals surface area contributed by atoms with Crippen molar-refractivity contribution in [3.05, 3.63) is 60.2 Å². The second kappa shape index (κ2) is 4.83. The molecule has 0 unspecified atom stereocenters. The smallest absolute Gasteiger partial charge is 0.253 e. The fourth-order valence-electron chi connectivity index (χ4n) is 1.62. The van der Waals surface area contributed by atoms with Gasteiger partial charge in [-0.05, 0) is 29.3 Å². The van der Waals surface area contributed by atoms with E-state index >= 15 is 0 Å². The molecule has 2 aromatic rings. The Labute approximate surface area is 102 Å². The summed E-state index contributed by atoms with van der Waals surface area (Å²) in [7, 11) is 3.50. The molecule has 2 nitrogen and oxygen atoms in total. The van der Waals surface area contributed by atoms with Crippen LogP contribution in [0.15, 0.2) is 48.5 Å². The Hall–Kier alpha value is -2.09. The van der Waals surface area contributed by atoms with Gasteiger partial charge in [-0.1, -0.05) is 36.4 Å². The van der Waals surface area contributed by atoms with Crippen molar-refractivity contribution < 1.29 is 4.79 Å². The lowest BCUT2D eigenvalue weighted by molar-refractivity contribution is 0.0827. The van der Waals surface area contributed by atoms with Gasteiger partial charge in [0.05, 0.1) is 0 Å². The highest BCUT2D eigenvalue weighted by Gasteiger charge is 2.07. The Balaban J connectivity index is 2.28. The molecule has 1 amide bonds. The first kappa shape index (κ1) is 11.4. The minimum absolute atomic E-state index is 0.0218. The van der Waals surface area contributed by atoms with Gasteiger partial charge in [0.25, 0.3) is 5.91 Å². The molecule has 2 aromatic carbocycles. The van der Waals surface area contributed by atoms with Gasteiger partial charge >= 0.3 is 0 Å². The molecule has 0 atom stereocenters. The molecule has 0 bridgehead atoms. The Morgan fingerprint density at radius 2 is 1.76 bits per heavy atom. The summed E-state index contributed by atoms with van der Waals surface area (Å²) >= 11 is 0. The number of carbonyl (C=O) groups is 1. The highest BCUT2D eigenvalue weighted by atomic mass is 16.2. The van der Waals surface area contributed by atoms with E-state index in [0.29, 0.717) is 5.56 Å². The molecule has 0 heterocycles. The van der Waals surface area contributed by atoms with Gasteiger partial charge in [-0.15, -0.1) is 0 Å². The van der Waals surface area contributed by atoms with E-state index in [1.165, 1.54) is 0 Å². The fraction of sp³-hybridized carbons (Fsp3) is 0.133. The first-order chi connectivity index (χ1) is 8.18. The maximum Gasteiger partial charge on any atom is 0.253 e. The van der Waals surface area contributed by atoms with Crippen LogP contribution in [0.2, 0.25) is 0 Å². The average molecular weight is 224 g/mol. The summed E-state index contributed by atoms with van der Waals surface area (Å²) in [6.07, 6.45) is 0. The molecule has 0 fully saturated rings. The number of hydrogen-bond acceptors (Lipinski definition) is 1. The predicted molar refractivity (Wildman–Crippen MR) is 68.7 cm³/mol. The molecule has 85 valence electrons. The largest absolute Gasteiger partial charge is 0.345 e. The van der Waals surface area contributed by atoms with Crippen molar-refractivity contribution in [2.45, 2.75) is 0 Å². The van der Waals surface area contributed by atoms with E-state index in [-0.39, 0.29) is 5.91 Å². The van der Waals surface area contributed by atoms with E-state index in [1.807, 2.05) is 48.5 Å². The lowest BCUT2D eigenvalue weighted by Crippen LogP contribution is -2.21. The van der Waals surface area contributed by atoms with Crippen molar-refractivity contribution in [1.29, 1.82) is 0 Å². The number of nitrogens with zero attached hydrogens (tertiary/aromatic N) is 1. The van der Waals surface area contributed by atoms with Crippen molar-refractivity contribution >= 4 is 5.91 Å². The normalized spacial score (nSPS) is 10.0. The second-order valence-electron chi connectivity index (χ2n) is 4.05. The maximum absolute atomic E-state index is 11.7.